The standard InChI is InChI=1S/C14H10Cl2N2O3/c1-8-4-2-3-5-10(8)14(19)17-13-11(15)6-9(18(20)21)7-12(13)16/h2-7H,1H3,(H,17,19). The van der Waals surface area contributed by atoms with Crippen LogP contribution in [-0.2, 0) is 0 Å². The number of nitrogens with one attached hydrogen (secondary N) is 1. The zero-order valence-corrected chi connectivity index (χ0v) is 12.4. The van der Waals surface area contributed by atoms with Gasteiger partial charge in [0.15, 0.2) is 0 Å². The fourth-order valence-corrected chi connectivity index (χ4v) is 2.36. The first-order valence-corrected chi connectivity index (χ1v) is 6.66. The van der Waals surface area contributed by atoms with Gasteiger partial charge in [0, 0.05) is 17.7 Å². The Morgan fingerprint density at radius 1 is 1.19 bits per heavy atom. The Hall–Kier alpha value is -2.11. The quantitative estimate of drug-likeness (QED) is 0.669. The average Bonchev–Trinajstić information content (AvgIpc) is 2.42. The summed E-state index contributed by atoms with van der Waals surface area (Å²) < 4.78 is 0. The van der Waals surface area contributed by atoms with Crippen molar-refractivity contribution in [1.29, 1.82) is 0 Å². The van der Waals surface area contributed by atoms with E-state index in [1.165, 1.54) is 0 Å². The monoisotopic (exact) mass is 324 g/mol. The number of hydrogen-bond donors (Lipinski definition) is 1. The van der Waals surface area contributed by atoms with E-state index < -0.39 is 4.92 Å². The number of benzene rings is 2. The van der Waals surface area contributed by atoms with Crippen LogP contribution in [0.15, 0.2) is 36.4 Å². The van der Waals surface area contributed by atoms with Crippen LogP contribution < -0.4 is 5.32 Å². The Balaban J connectivity index is 2.34. The fraction of sp³-hybridized carbons (Fsp3) is 0.0714. The number of aryl methyl sites for hydroxylation is 1. The lowest BCUT2D eigenvalue weighted by atomic mass is 10.1. The molecule has 108 valence electrons. The highest BCUT2D eigenvalue weighted by Gasteiger charge is 2.17. The van der Waals surface area contributed by atoms with E-state index in [4.69, 9.17) is 23.2 Å². The van der Waals surface area contributed by atoms with E-state index in [2.05, 4.69) is 5.32 Å². The third-order valence-corrected chi connectivity index (χ3v) is 3.46. The molecule has 2 aromatic carbocycles. The molecule has 0 atom stereocenters. The third-order valence-electron chi connectivity index (χ3n) is 2.87. The summed E-state index contributed by atoms with van der Waals surface area (Å²) in [6.07, 6.45) is 0. The van der Waals surface area contributed by atoms with Gasteiger partial charge >= 0.3 is 0 Å². The SMILES string of the molecule is Cc1ccccc1C(=O)Nc1c(Cl)cc([N+](=O)[O-])cc1Cl. The Morgan fingerprint density at radius 3 is 2.29 bits per heavy atom. The zero-order valence-electron chi connectivity index (χ0n) is 10.9. The summed E-state index contributed by atoms with van der Waals surface area (Å²) >= 11 is 11.9. The third kappa shape index (κ3) is 3.32. The van der Waals surface area contributed by atoms with Gasteiger partial charge < -0.3 is 5.32 Å². The normalized spacial score (nSPS) is 10.2. The minimum Gasteiger partial charge on any atom is -0.319 e. The van der Waals surface area contributed by atoms with Crippen molar-refractivity contribution >= 4 is 40.5 Å². The van der Waals surface area contributed by atoms with Crippen molar-refractivity contribution in [2.24, 2.45) is 0 Å². The molecule has 5 nitrogen and oxygen atoms in total. The summed E-state index contributed by atoms with van der Waals surface area (Å²) in [5.74, 6) is -0.384. The molecule has 0 heterocycles. The van der Waals surface area contributed by atoms with Crippen molar-refractivity contribution in [3.05, 3.63) is 67.7 Å². The van der Waals surface area contributed by atoms with Crippen LogP contribution in [0.2, 0.25) is 10.0 Å². The number of anilines is 1. The molecule has 0 unspecified atom stereocenters. The number of amides is 1. The molecule has 1 N–H and O–H groups in total. The summed E-state index contributed by atoms with van der Waals surface area (Å²) in [6.45, 7) is 1.80. The molecule has 7 heteroatoms. The topological polar surface area (TPSA) is 72.2 Å². The lowest BCUT2D eigenvalue weighted by Crippen LogP contribution is -2.14. The van der Waals surface area contributed by atoms with Gasteiger partial charge in [-0.2, -0.15) is 0 Å². The Labute approximate surface area is 130 Å². The van der Waals surface area contributed by atoms with E-state index in [0.29, 0.717) is 5.56 Å². The van der Waals surface area contributed by atoms with Crippen LogP contribution in [0.25, 0.3) is 0 Å². The first-order chi connectivity index (χ1) is 9.90. The summed E-state index contributed by atoms with van der Waals surface area (Å²) in [5, 5.41) is 13.3. The molecule has 0 aromatic heterocycles. The second-order valence-corrected chi connectivity index (χ2v) is 5.12. The van der Waals surface area contributed by atoms with Crippen LogP contribution in [0, 0.1) is 17.0 Å². The van der Waals surface area contributed by atoms with Crippen molar-refractivity contribution < 1.29 is 9.72 Å². The van der Waals surface area contributed by atoms with Gasteiger partial charge in [-0.05, 0) is 18.6 Å². The van der Waals surface area contributed by atoms with Crippen molar-refractivity contribution in [2.45, 2.75) is 6.92 Å². The molecule has 0 spiro atoms. The van der Waals surface area contributed by atoms with Crippen molar-refractivity contribution in [2.75, 3.05) is 5.32 Å². The lowest BCUT2D eigenvalue weighted by molar-refractivity contribution is -0.384. The first kappa shape index (κ1) is 15.3. The van der Waals surface area contributed by atoms with Crippen molar-refractivity contribution in [3.63, 3.8) is 0 Å². The number of rotatable bonds is 3. The molecule has 0 aliphatic rings. The number of nitrogens with zero attached hydrogens (tertiary/aromatic N) is 1. The van der Waals surface area contributed by atoms with E-state index in [-0.39, 0.29) is 27.3 Å². The Bertz CT molecular complexity index is 709. The second-order valence-electron chi connectivity index (χ2n) is 4.31. The molecule has 1 amide bonds. The van der Waals surface area contributed by atoms with Gasteiger partial charge in [0.2, 0.25) is 0 Å². The maximum absolute atomic E-state index is 12.2. The number of non-ortho nitro benzene ring substituents is 1. The zero-order chi connectivity index (χ0) is 15.6. The Morgan fingerprint density at radius 2 is 1.76 bits per heavy atom. The predicted octanol–water partition coefficient (Wildman–Crippen LogP) is 4.46. The highest BCUT2D eigenvalue weighted by atomic mass is 35.5. The summed E-state index contributed by atoms with van der Waals surface area (Å²) in [7, 11) is 0. The van der Waals surface area contributed by atoms with Gasteiger partial charge in [-0.25, -0.2) is 0 Å². The first-order valence-electron chi connectivity index (χ1n) is 5.90. The van der Waals surface area contributed by atoms with Crippen LogP contribution >= 0.6 is 23.2 Å². The smallest absolute Gasteiger partial charge is 0.272 e. The minimum atomic E-state index is -0.606. The molecule has 0 bridgehead atoms. The molecule has 0 fully saturated rings. The Kier molecular flexibility index (Phi) is 4.45. The fourth-order valence-electron chi connectivity index (χ4n) is 1.79. The number of nitro benzene ring substituents is 1. The number of hydrogen-bond acceptors (Lipinski definition) is 3. The molecule has 0 aliphatic heterocycles. The lowest BCUT2D eigenvalue weighted by Gasteiger charge is -2.10. The van der Waals surface area contributed by atoms with Gasteiger partial charge in [-0.15, -0.1) is 0 Å². The van der Waals surface area contributed by atoms with E-state index in [9.17, 15) is 14.9 Å². The van der Waals surface area contributed by atoms with Crippen LogP contribution in [-0.4, -0.2) is 10.8 Å². The summed E-state index contributed by atoms with van der Waals surface area (Å²) in [5.41, 5.74) is 1.18. The maximum atomic E-state index is 12.2. The van der Waals surface area contributed by atoms with Crippen molar-refractivity contribution in [1.82, 2.24) is 0 Å². The van der Waals surface area contributed by atoms with Gasteiger partial charge in [0.05, 0.1) is 20.7 Å². The summed E-state index contributed by atoms with van der Waals surface area (Å²) in [6, 6.07) is 9.30. The van der Waals surface area contributed by atoms with Gasteiger partial charge in [-0.3, -0.25) is 14.9 Å². The number of carbonyl (C=O) groups is 1. The van der Waals surface area contributed by atoms with Gasteiger partial charge in [0.25, 0.3) is 11.6 Å². The molecule has 2 aromatic rings. The molecule has 0 saturated carbocycles. The van der Waals surface area contributed by atoms with Crippen LogP contribution in [0.1, 0.15) is 15.9 Å². The average molecular weight is 325 g/mol. The van der Waals surface area contributed by atoms with Crippen LogP contribution in [0.3, 0.4) is 0 Å². The van der Waals surface area contributed by atoms with E-state index in [1.807, 2.05) is 6.07 Å². The van der Waals surface area contributed by atoms with Crippen molar-refractivity contribution in [3.8, 4) is 0 Å². The molecule has 0 radical (unpaired) electrons. The predicted molar refractivity (Wildman–Crippen MR) is 82.2 cm³/mol. The molecule has 2 rings (SSSR count). The highest BCUT2D eigenvalue weighted by molar-refractivity contribution is 6.40. The largest absolute Gasteiger partial charge is 0.319 e. The number of carbonyl (C=O) groups excluding carboxylic acids is 1. The molecular weight excluding hydrogens is 315 g/mol. The minimum absolute atomic E-state index is 0.0103. The molecule has 0 saturated heterocycles. The highest BCUT2D eigenvalue weighted by Crippen LogP contribution is 2.35. The second kappa shape index (κ2) is 6.11. The molecule has 21 heavy (non-hydrogen) atoms. The van der Waals surface area contributed by atoms with E-state index in [0.717, 1.165) is 17.7 Å². The molecular formula is C14H10Cl2N2O3. The molecule has 0 aliphatic carbocycles. The maximum Gasteiger partial charge on any atom is 0.272 e. The van der Waals surface area contributed by atoms with Crippen LogP contribution in [0.4, 0.5) is 11.4 Å². The van der Waals surface area contributed by atoms with Crippen LogP contribution in [0.5, 0.6) is 0 Å². The van der Waals surface area contributed by atoms with E-state index in [1.54, 1.807) is 25.1 Å². The number of halogens is 2. The number of nitro groups is 1. The van der Waals surface area contributed by atoms with E-state index >= 15 is 0 Å². The summed E-state index contributed by atoms with van der Waals surface area (Å²) in [4.78, 5) is 22.3. The van der Waals surface area contributed by atoms with Gasteiger partial charge in [0.1, 0.15) is 0 Å². The van der Waals surface area contributed by atoms with Gasteiger partial charge in [-0.1, -0.05) is 41.4 Å².